The van der Waals surface area contributed by atoms with Gasteiger partial charge in [0.05, 0.1) is 22.8 Å². The van der Waals surface area contributed by atoms with E-state index in [0.717, 1.165) is 60.2 Å². The van der Waals surface area contributed by atoms with Crippen LogP contribution >= 0.6 is 0 Å². The highest BCUT2D eigenvalue weighted by Crippen LogP contribution is 2.28. The van der Waals surface area contributed by atoms with Crippen LogP contribution in [-0.2, 0) is 24.2 Å². The molecule has 1 unspecified atom stereocenters. The topological polar surface area (TPSA) is 81.8 Å². The smallest absolute Gasteiger partial charge is 0.267 e. The third kappa shape index (κ3) is 4.47. The lowest BCUT2D eigenvalue weighted by Gasteiger charge is -2.25. The Morgan fingerprint density at radius 3 is 2.59 bits per heavy atom. The summed E-state index contributed by atoms with van der Waals surface area (Å²) in [7, 11) is 0. The van der Waals surface area contributed by atoms with Crippen LogP contribution in [-0.4, -0.2) is 25.2 Å². The van der Waals surface area contributed by atoms with Gasteiger partial charge in [-0.1, -0.05) is 32.4 Å². The molecule has 1 aliphatic rings. The van der Waals surface area contributed by atoms with E-state index in [1.165, 1.54) is 4.68 Å². The van der Waals surface area contributed by atoms with E-state index in [1.807, 2.05) is 18.2 Å². The molecular weight excluding hydrogens is 402 g/mol. The van der Waals surface area contributed by atoms with Crippen molar-refractivity contribution in [3.8, 4) is 0 Å². The number of nitrogens with one attached hydrogen (secondary N) is 1. The van der Waals surface area contributed by atoms with Crippen molar-refractivity contribution in [2.45, 2.75) is 78.4 Å². The Morgan fingerprint density at radius 1 is 1.09 bits per heavy atom. The number of rotatable bonds is 6. The van der Waals surface area contributed by atoms with Crippen LogP contribution < -0.4 is 10.9 Å². The Morgan fingerprint density at radius 2 is 1.84 bits per heavy atom. The summed E-state index contributed by atoms with van der Waals surface area (Å²) in [4.78, 5) is 30.5. The molecule has 0 saturated carbocycles. The third-order valence-electron chi connectivity index (χ3n) is 6.22. The zero-order valence-electron chi connectivity index (χ0n) is 19.5. The Kier molecular flexibility index (Phi) is 6.44. The maximum absolute atomic E-state index is 13.0. The molecule has 3 aromatic rings. The molecule has 1 aromatic carbocycles. The maximum atomic E-state index is 13.0. The Balaban J connectivity index is 1.61. The van der Waals surface area contributed by atoms with Gasteiger partial charge in [0.1, 0.15) is 12.4 Å². The normalized spacial score (nSPS) is 15.1. The SMILES string of the molecule is CC(C)C(NC(=O)Cn1nc2c(cc1=O)CCCCC2)c1nc2ccccc2n1C(C)C. The standard InChI is InChI=1S/C25H33N5O2/c1-16(2)24(25-26-20-12-8-9-13-21(20)30(25)17(3)4)27-22(31)15-29-23(32)14-18-10-6-5-7-11-19(18)28-29/h8-9,12-14,16-17,24H,5-7,10-11,15H2,1-4H3,(H,27,31). The highest BCUT2D eigenvalue weighted by molar-refractivity contribution is 5.78. The average molecular weight is 436 g/mol. The minimum atomic E-state index is -0.270. The van der Waals surface area contributed by atoms with Gasteiger partial charge in [-0.3, -0.25) is 9.59 Å². The number of aryl methyl sites for hydroxylation is 2. The quantitative estimate of drug-likeness (QED) is 0.594. The summed E-state index contributed by atoms with van der Waals surface area (Å²) in [6.07, 6.45) is 5.07. The lowest BCUT2D eigenvalue weighted by molar-refractivity contribution is -0.123. The van der Waals surface area contributed by atoms with Gasteiger partial charge in [0.25, 0.3) is 5.56 Å². The van der Waals surface area contributed by atoms with Crippen LogP contribution in [0.1, 0.15) is 76.1 Å². The van der Waals surface area contributed by atoms with Crippen molar-refractivity contribution in [1.29, 1.82) is 0 Å². The first kappa shape index (κ1) is 22.2. The molecule has 2 heterocycles. The van der Waals surface area contributed by atoms with Gasteiger partial charge in [-0.15, -0.1) is 0 Å². The monoisotopic (exact) mass is 435 g/mol. The van der Waals surface area contributed by atoms with E-state index in [2.05, 4.69) is 48.7 Å². The number of hydrogen-bond donors (Lipinski definition) is 1. The van der Waals surface area contributed by atoms with Gasteiger partial charge in [-0.25, -0.2) is 9.67 Å². The zero-order chi connectivity index (χ0) is 22.8. The summed E-state index contributed by atoms with van der Waals surface area (Å²) in [6.45, 7) is 8.30. The van der Waals surface area contributed by atoms with Gasteiger partial charge >= 0.3 is 0 Å². The van der Waals surface area contributed by atoms with E-state index >= 15 is 0 Å². The zero-order valence-corrected chi connectivity index (χ0v) is 19.5. The maximum Gasteiger partial charge on any atom is 0.267 e. The lowest BCUT2D eigenvalue weighted by Crippen LogP contribution is -2.39. The van der Waals surface area contributed by atoms with Crippen molar-refractivity contribution in [1.82, 2.24) is 24.6 Å². The first-order chi connectivity index (χ1) is 15.3. The average Bonchev–Trinajstić information content (AvgIpc) is 2.99. The number of hydrogen-bond acceptors (Lipinski definition) is 4. The number of nitrogens with zero attached hydrogens (tertiary/aromatic N) is 4. The van der Waals surface area contributed by atoms with Crippen LogP contribution in [0.5, 0.6) is 0 Å². The predicted molar refractivity (Wildman–Crippen MR) is 126 cm³/mol. The first-order valence-corrected chi connectivity index (χ1v) is 11.7. The fourth-order valence-corrected chi connectivity index (χ4v) is 4.60. The van der Waals surface area contributed by atoms with Crippen molar-refractivity contribution < 1.29 is 4.79 Å². The molecule has 0 fully saturated rings. The molecule has 1 amide bonds. The molecule has 0 bridgehead atoms. The van der Waals surface area contributed by atoms with Crippen LogP contribution in [0.2, 0.25) is 0 Å². The van der Waals surface area contributed by atoms with Gasteiger partial charge in [0, 0.05) is 12.1 Å². The molecule has 170 valence electrons. The fraction of sp³-hybridized carbons (Fsp3) is 0.520. The molecule has 2 aromatic heterocycles. The number of aromatic nitrogens is 4. The molecule has 0 spiro atoms. The molecule has 1 atom stereocenters. The molecule has 0 radical (unpaired) electrons. The van der Waals surface area contributed by atoms with Crippen molar-refractivity contribution in [2.24, 2.45) is 5.92 Å². The van der Waals surface area contributed by atoms with Gasteiger partial charge in [0.15, 0.2) is 0 Å². The summed E-state index contributed by atoms with van der Waals surface area (Å²) < 4.78 is 3.50. The van der Waals surface area contributed by atoms with Crippen molar-refractivity contribution in [2.75, 3.05) is 0 Å². The fourth-order valence-electron chi connectivity index (χ4n) is 4.60. The molecule has 1 aliphatic carbocycles. The summed E-state index contributed by atoms with van der Waals surface area (Å²) >= 11 is 0. The number of benzene rings is 1. The van der Waals surface area contributed by atoms with E-state index in [0.29, 0.717) is 0 Å². The Bertz CT molecular complexity index is 1170. The van der Waals surface area contributed by atoms with Crippen LogP contribution in [0.4, 0.5) is 0 Å². The van der Waals surface area contributed by atoms with E-state index in [4.69, 9.17) is 4.98 Å². The highest BCUT2D eigenvalue weighted by atomic mass is 16.2. The number of carbonyl (C=O) groups excluding carboxylic acids is 1. The second-order valence-electron chi connectivity index (χ2n) is 9.38. The molecule has 4 rings (SSSR count). The Labute approximate surface area is 188 Å². The largest absolute Gasteiger partial charge is 0.344 e. The number of para-hydroxylation sites is 2. The summed E-state index contributed by atoms with van der Waals surface area (Å²) in [5.41, 5.74) is 3.75. The Hall–Kier alpha value is -2.96. The molecule has 0 aliphatic heterocycles. The summed E-state index contributed by atoms with van der Waals surface area (Å²) in [5, 5.41) is 7.68. The lowest BCUT2D eigenvalue weighted by atomic mass is 10.0. The van der Waals surface area contributed by atoms with Crippen molar-refractivity contribution in [3.63, 3.8) is 0 Å². The number of fused-ring (bicyclic) bond motifs is 2. The summed E-state index contributed by atoms with van der Waals surface area (Å²) in [6, 6.07) is 9.63. The van der Waals surface area contributed by atoms with Crippen LogP contribution in [0.3, 0.4) is 0 Å². The highest BCUT2D eigenvalue weighted by Gasteiger charge is 2.26. The van der Waals surface area contributed by atoms with Gasteiger partial charge in [-0.05, 0) is 63.1 Å². The van der Waals surface area contributed by atoms with Crippen molar-refractivity contribution in [3.05, 3.63) is 57.8 Å². The number of imidazole rings is 1. The number of amides is 1. The second kappa shape index (κ2) is 9.27. The van der Waals surface area contributed by atoms with Crippen LogP contribution in [0, 0.1) is 5.92 Å². The van der Waals surface area contributed by atoms with Crippen LogP contribution in [0.25, 0.3) is 11.0 Å². The minimum Gasteiger partial charge on any atom is -0.344 e. The first-order valence-electron chi connectivity index (χ1n) is 11.7. The van der Waals surface area contributed by atoms with Crippen molar-refractivity contribution >= 4 is 16.9 Å². The van der Waals surface area contributed by atoms with Gasteiger partial charge in [-0.2, -0.15) is 5.10 Å². The minimum absolute atomic E-state index is 0.0861. The molecule has 1 N–H and O–H groups in total. The van der Waals surface area contributed by atoms with E-state index in [-0.39, 0.29) is 36.0 Å². The van der Waals surface area contributed by atoms with Gasteiger partial charge < -0.3 is 9.88 Å². The molecule has 7 nitrogen and oxygen atoms in total. The summed E-state index contributed by atoms with van der Waals surface area (Å²) in [5.74, 6) is 0.742. The number of carbonyl (C=O) groups is 1. The molecule has 32 heavy (non-hydrogen) atoms. The van der Waals surface area contributed by atoms with E-state index < -0.39 is 0 Å². The third-order valence-corrected chi connectivity index (χ3v) is 6.22. The van der Waals surface area contributed by atoms with Gasteiger partial charge in [0.2, 0.25) is 5.91 Å². The molecule has 0 saturated heterocycles. The second-order valence-corrected chi connectivity index (χ2v) is 9.38. The predicted octanol–water partition coefficient (Wildman–Crippen LogP) is 3.96. The molecular formula is C25H33N5O2. The molecule has 7 heteroatoms. The van der Waals surface area contributed by atoms with E-state index in [1.54, 1.807) is 6.07 Å². The van der Waals surface area contributed by atoms with Crippen LogP contribution in [0.15, 0.2) is 35.1 Å². The van der Waals surface area contributed by atoms with E-state index in [9.17, 15) is 9.59 Å².